The van der Waals surface area contributed by atoms with Crippen LogP contribution < -0.4 is 0 Å². The van der Waals surface area contributed by atoms with E-state index in [2.05, 4.69) is 14.4 Å². The van der Waals surface area contributed by atoms with Gasteiger partial charge >= 0.3 is 5.97 Å². The molecular formula is C5H5NO4. The molecule has 0 saturated heterocycles. The van der Waals surface area contributed by atoms with Crippen molar-refractivity contribution < 1.29 is 19.2 Å². The first kappa shape index (κ1) is 6.60. The molecule has 1 rings (SSSR count). The van der Waals surface area contributed by atoms with Gasteiger partial charge in [0, 0.05) is 0 Å². The second-order valence-corrected chi connectivity index (χ2v) is 1.54. The van der Waals surface area contributed by atoms with Crippen molar-refractivity contribution in [2.24, 2.45) is 0 Å². The molecule has 0 aliphatic carbocycles. The van der Waals surface area contributed by atoms with E-state index in [-0.39, 0.29) is 11.4 Å². The number of hydrogen-bond acceptors (Lipinski definition) is 5. The molecule has 1 N–H and O–H groups in total. The number of rotatable bonds is 1. The summed E-state index contributed by atoms with van der Waals surface area (Å²) in [6.07, 6.45) is 0.951. The third kappa shape index (κ3) is 0.928. The first-order chi connectivity index (χ1) is 4.75. The highest BCUT2D eigenvalue weighted by Crippen LogP contribution is 2.13. The molecule has 0 fully saturated rings. The van der Waals surface area contributed by atoms with Crippen molar-refractivity contribution in [3.8, 4) is 5.75 Å². The number of carbonyl (C=O) groups excluding carboxylic acids is 1. The van der Waals surface area contributed by atoms with Crippen LogP contribution in [0, 0.1) is 0 Å². The molecule has 0 atom stereocenters. The van der Waals surface area contributed by atoms with Crippen molar-refractivity contribution in [2.75, 3.05) is 7.11 Å². The highest BCUT2D eigenvalue weighted by atomic mass is 16.5. The van der Waals surface area contributed by atoms with E-state index in [0.29, 0.717) is 0 Å². The molecule has 0 radical (unpaired) electrons. The standard InChI is InChI=1S/C5H5NO4/c1-9-5(8)4-3(7)2-10-6-4/h2,7H,1H3. The summed E-state index contributed by atoms with van der Waals surface area (Å²) in [6, 6.07) is 0. The third-order valence-corrected chi connectivity index (χ3v) is 0.930. The average Bonchev–Trinajstić information content (AvgIpc) is 2.34. The van der Waals surface area contributed by atoms with E-state index < -0.39 is 5.97 Å². The van der Waals surface area contributed by atoms with Crippen LogP contribution in [0.25, 0.3) is 0 Å². The molecule has 0 amide bonds. The predicted molar refractivity (Wildman–Crippen MR) is 29.5 cm³/mol. The lowest BCUT2D eigenvalue weighted by Crippen LogP contribution is -2.00. The molecule has 5 nitrogen and oxygen atoms in total. The highest BCUT2D eigenvalue weighted by Gasteiger charge is 2.15. The van der Waals surface area contributed by atoms with E-state index in [0.717, 1.165) is 6.26 Å². The highest BCUT2D eigenvalue weighted by molar-refractivity contribution is 5.89. The minimum absolute atomic E-state index is 0.206. The van der Waals surface area contributed by atoms with Crippen LogP contribution in [0.2, 0.25) is 0 Å². The molecule has 0 saturated carbocycles. The lowest BCUT2D eigenvalue weighted by Gasteiger charge is -1.90. The van der Waals surface area contributed by atoms with Crippen LogP contribution in [-0.4, -0.2) is 23.3 Å². The normalized spacial score (nSPS) is 9.30. The number of carbonyl (C=O) groups is 1. The summed E-state index contributed by atoms with van der Waals surface area (Å²) < 4.78 is 8.52. The van der Waals surface area contributed by atoms with Gasteiger partial charge in [-0.05, 0) is 0 Å². The Labute approximate surface area is 56.2 Å². The number of esters is 1. The van der Waals surface area contributed by atoms with Gasteiger partial charge in [-0.1, -0.05) is 5.16 Å². The lowest BCUT2D eigenvalue weighted by atomic mass is 10.4. The Kier molecular flexibility index (Phi) is 1.57. The summed E-state index contributed by atoms with van der Waals surface area (Å²) in [5, 5.41) is 12.0. The van der Waals surface area contributed by atoms with Gasteiger partial charge in [0.05, 0.1) is 7.11 Å². The second kappa shape index (κ2) is 2.38. The smallest absolute Gasteiger partial charge is 0.364 e. The van der Waals surface area contributed by atoms with Gasteiger partial charge in [-0.3, -0.25) is 0 Å². The van der Waals surface area contributed by atoms with Gasteiger partial charge in [0.2, 0.25) is 5.69 Å². The molecule has 1 aromatic rings. The first-order valence-electron chi connectivity index (χ1n) is 2.47. The summed E-state index contributed by atoms with van der Waals surface area (Å²) in [6.45, 7) is 0. The van der Waals surface area contributed by atoms with Gasteiger partial charge in [-0.25, -0.2) is 4.79 Å². The van der Waals surface area contributed by atoms with Gasteiger partial charge in [-0.15, -0.1) is 0 Å². The fourth-order valence-electron chi connectivity index (χ4n) is 0.470. The van der Waals surface area contributed by atoms with Crippen molar-refractivity contribution in [1.29, 1.82) is 0 Å². The average molecular weight is 143 g/mol. The number of nitrogens with zero attached hydrogens (tertiary/aromatic N) is 1. The van der Waals surface area contributed by atoms with Crippen LogP contribution in [-0.2, 0) is 4.74 Å². The van der Waals surface area contributed by atoms with Crippen LogP contribution in [0.5, 0.6) is 5.75 Å². The molecule has 0 bridgehead atoms. The molecule has 1 aromatic heterocycles. The van der Waals surface area contributed by atoms with E-state index in [1.54, 1.807) is 0 Å². The van der Waals surface area contributed by atoms with Crippen molar-refractivity contribution in [1.82, 2.24) is 5.16 Å². The number of hydrogen-bond donors (Lipinski definition) is 1. The predicted octanol–water partition coefficient (Wildman–Crippen LogP) is 0.167. The summed E-state index contributed by atoms with van der Waals surface area (Å²) >= 11 is 0. The zero-order valence-electron chi connectivity index (χ0n) is 5.20. The van der Waals surface area contributed by atoms with Crippen LogP contribution >= 0.6 is 0 Å². The molecule has 54 valence electrons. The summed E-state index contributed by atoms with van der Waals surface area (Å²) in [7, 11) is 1.19. The van der Waals surface area contributed by atoms with Gasteiger partial charge in [0.1, 0.15) is 0 Å². The maximum atomic E-state index is 10.6. The van der Waals surface area contributed by atoms with E-state index in [1.807, 2.05) is 0 Å². The molecule has 0 spiro atoms. The molecule has 10 heavy (non-hydrogen) atoms. The van der Waals surface area contributed by atoms with Crippen molar-refractivity contribution in [2.45, 2.75) is 0 Å². The Balaban J connectivity index is 2.93. The molecule has 0 aliphatic rings. The Morgan fingerprint density at radius 2 is 2.60 bits per heavy atom. The topological polar surface area (TPSA) is 72.6 Å². The maximum absolute atomic E-state index is 10.6. The lowest BCUT2D eigenvalue weighted by molar-refractivity contribution is 0.0586. The largest absolute Gasteiger partial charge is 0.503 e. The monoisotopic (exact) mass is 143 g/mol. The molecule has 0 unspecified atom stereocenters. The zero-order chi connectivity index (χ0) is 7.56. The fraction of sp³-hybridized carbons (Fsp3) is 0.200. The summed E-state index contributed by atoms with van der Waals surface area (Å²) in [5.74, 6) is -1.03. The molecular weight excluding hydrogens is 138 g/mol. The van der Waals surface area contributed by atoms with Crippen LogP contribution in [0.4, 0.5) is 0 Å². The first-order valence-corrected chi connectivity index (χ1v) is 2.47. The Hall–Kier alpha value is -1.52. The summed E-state index contributed by atoms with van der Waals surface area (Å²) in [5.41, 5.74) is -0.206. The third-order valence-electron chi connectivity index (χ3n) is 0.930. The minimum Gasteiger partial charge on any atom is -0.503 e. The van der Waals surface area contributed by atoms with E-state index >= 15 is 0 Å². The van der Waals surface area contributed by atoms with Crippen LogP contribution in [0.15, 0.2) is 10.8 Å². The number of aromatic nitrogens is 1. The molecule has 0 aliphatic heterocycles. The fourth-order valence-corrected chi connectivity index (χ4v) is 0.470. The second-order valence-electron chi connectivity index (χ2n) is 1.54. The van der Waals surface area contributed by atoms with Crippen molar-refractivity contribution in [3.05, 3.63) is 12.0 Å². The van der Waals surface area contributed by atoms with Crippen molar-refractivity contribution >= 4 is 5.97 Å². The van der Waals surface area contributed by atoms with E-state index in [9.17, 15) is 4.79 Å². The Morgan fingerprint density at radius 1 is 1.90 bits per heavy atom. The van der Waals surface area contributed by atoms with Gasteiger partial charge in [0.15, 0.2) is 12.0 Å². The maximum Gasteiger partial charge on any atom is 0.364 e. The molecule has 0 aromatic carbocycles. The van der Waals surface area contributed by atoms with E-state index in [1.165, 1.54) is 7.11 Å². The van der Waals surface area contributed by atoms with Crippen LogP contribution in [0.1, 0.15) is 10.5 Å². The van der Waals surface area contributed by atoms with Gasteiger partial charge < -0.3 is 14.4 Å². The number of aromatic hydroxyl groups is 1. The van der Waals surface area contributed by atoms with E-state index in [4.69, 9.17) is 5.11 Å². The van der Waals surface area contributed by atoms with Gasteiger partial charge in [0.25, 0.3) is 0 Å². The minimum atomic E-state index is -0.716. The molecule has 5 heteroatoms. The molecule has 1 heterocycles. The number of ether oxygens (including phenoxy) is 1. The quantitative estimate of drug-likeness (QED) is 0.567. The SMILES string of the molecule is COC(=O)c1nocc1O. The van der Waals surface area contributed by atoms with Crippen LogP contribution in [0.3, 0.4) is 0 Å². The Morgan fingerprint density at radius 3 is 3.00 bits per heavy atom. The zero-order valence-corrected chi connectivity index (χ0v) is 5.20. The number of methoxy groups -OCH3 is 1. The Bertz CT molecular complexity index is 242. The summed E-state index contributed by atoms with van der Waals surface area (Å²) in [4.78, 5) is 10.6. The van der Waals surface area contributed by atoms with Gasteiger partial charge in [-0.2, -0.15) is 0 Å². The van der Waals surface area contributed by atoms with Crippen molar-refractivity contribution in [3.63, 3.8) is 0 Å².